The Kier molecular flexibility index (Phi) is 4.84. The molecular weight excluding hydrogens is 314 g/mol. The van der Waals surface area contributed by atoms with Crippen LogP contribution in [0, 0.1) is 6.92 Å². The molecule has 0 bridgehead atoms. The Balaban J connectivity index is 1.91. The van der Waals surface area contributed by atoms with Crippen molar-refractivity contribution in [3.05, 3.63) is 65.9 Å². The fourth-order valence-corrected chi connectivity index (χ4v) is 2.68. The number of anilines is 1. The van der Waals surface area contributed by atoms with Crippen molar-refractivity contribution in [2.75, 3.05) is 12.4 Å². The third kappa shape index (κ3) is 3.71. The van der Waals surface area contributed by atoms with Crippen molar-refractivity contribution >= 4 is 11.6 Å². The highest BCUT2D eigenvalue weighted by Gasteiger charge is 2.16. The van der Waals surface area contributed by atoms with Gasteiger partial charge < -0.3 is 10.1 Å². The Bertz CT molecular complexity index is 899. The van der Waals surface area contributed by atoms with Crippen molar-refractivity contribution < 1.29 is 9.53 Å². The molecule has 0 radical (unpaired) electrons. The lowest BCUT2D eigenvalue weighted by Gasteiger charge is -2.07. The fourth-order valence-electron chi connectivity index (χ4n) is 2.68. The van der Waals surface area contributed by atoms with E-state index in [0.717, 1.165) is 28.3 Å². The van der Waals surface area contributed by atoms with E-state index >= 15 is 0 Å². The second kappa shape index (κ2) is 7.21. The van der Waals surface area contributed by atoms with Crippen LogP contribution in [0.4, 0.5) is 5.69 Å². The van der Waals surface area contributed by atoms with E-state index in [0.29, 0.717) is 12.2 Å². The predicted molar refractivity (Wildman–Crippen MR) is 99.0 cm³/mol. The number of nitrogens with zero attached hydrogens (tertiary/aromatic N) is 2. The van der Waals surface area contributed by atoms with Gasteiger partial charge >= 0.3 is 0 Å². The van der Waals surface area contributed by atoms with Crippen molar-refractivity contribution in [1.29, 1.82) is 0 Å². The first-order chi connectivity index (χ1) is 12.1. The summed E-state index contributed by atoms with van der Waals surface area (Å²) < 4.78 is 6.97. The molecule has 3 rings (SSSR count). The van der Waals surface area contributed by atoms with Crippen LogP contribution in [-0.2, 0) is 6.54 Å². The average molecular weight is 335 g/mol. The molecule has 0 spiro atoms. The lowest BCUT2D eigenvalue weighted by atomic mass is 10.1. The number of ether oxygens (including phenoxy) is 1. The molecule has 25 heavy (non-hydrogen) atoms. The SMILES string of the molecule is CCn1nc(-c2cccc(OC)c2)cc1C(=O)Nc1cccc(C)c1. The number of hydrogen-bond acceptors (Lipinski definition) is 3. The largest absolute Gasteiger partial charge is 0.497 e. The maximum atomic E-state index is 12.7. The van der Waals surface area contributed by atoms with Gasteiger partial charge in [-0.05, 0) is 49.7 Å². The normalized spacial score (nSPS) is 10.5. The topological polar surface area (TPSA) is 56.2 Å². The molecule has 0 fully saturated rings. The molecule has 0 aliphatic rings. The first-order valence-corrected chi connectivity index (χ1v) is 8.21. The van der Waals surface area contributed by atoms with E-state index in [2.05, 4.69) is 10.4 Å². The summed E-state index contributed by atoms with van der Waals surface area (Å²) in [6, 6.07) is 17.2. The highest BCUT2D eigenvalue weighted by Crippen LogP contribution is 2.24. The Labute approximate surface area is 147 Å². The minimum absolute atomic E-state index is 0.172. The summed E-state index contributed by atoms with van der Waals surface area (Å²) >= 11 is 0. The summed E-state index contributed by atoms with van der Waals surface area (Å²) in [7, 11) is 1.63. The van der Waals surface area contributed by atoms with Crippen molar-refractivity contribution in [3.8, 4) is 17.0 Å². The summed E-state index contributed by atoms with van der Waals surface area (Å²) in [5.74, 6) is 0.586. The monoisotopic (exact) mass is 335 g/mol. The zero-order chi connectivity index (χ0) is 17.8. The lowest BCUT2D eigenvalue weighted by Crippen LogP contribution is -2.17. The summed E-state index contributed by atoms with van der Waals surface area (Å²) in [5, 5.41) is 7.49. The van der Waals surface area contributed by atoms with Gasteiger partial charge in [-0.15, -0.1) is 0 Å². The van der Waals surface area contributed by atoms with Gasteiger partial charge in [0.15, 0.2) is 0 Å². The number of aryl methyl sites for hydroxylation is 2. The maximum Gasteiger partial charge on any atom is 0.273 e. The number of nitrogens with one attached hydrogen (secondary N) is 1. The van der Waals surface area contributed by atoms with Gasteiger partial charge in [-0.1, -0.05) is 24.3 Å². The maximum absolute atomic E-state index is 12.7. The van der Waals surface area contributed by atoms with Crippen molar-refractivity contribution in [3.63, 3.8) is 0 Å². The number of aromatic nitrogens is 2. The minimum Gasteiger partial charge on any atom is -0.497 e. The summed E-state index contributed by atoms with van der Waals surface area (Å²) in [5.41, 5.74) is 4.06. The highest BCUT2D eigenvalue weighted by molar-refractivity contribution is 6.03. The van der Waals surface area contributed by atoms with Crippen molar-refractivity contribution in [2.24, 2.45) is 0 Å². The molecule has 1 heterocycles. The van der Waals surface area contributed by atoms with Crippen LogP contribution in [0.1, 0.15) is 23.0 Å². The first-order valence-electron chi connectivity index (χ1n) is 8.21. The van der Waals surface area contributed by atoms with Crippen molar-refractivity contribution in [1.82, 2.24) is 9.78 Å². The van der Waals surface area contributed by atoms with Gasteiger partial charge in [0.05, 0.1) is 12.8 Å². The van der Waals surface area contributed by atoms with Crippen LogP contribution in [0.3, 0.4) is 0 Å². The van der Waals surface area contributed by atoms with Crippen LogP contribution >= 0.6 is 0 Å². The molecule has 1 N–H and O–H groups in total. The molecule has 0 aliphatic heterocycles. The van der Waals surface area contributed by atoms with Gasteiger partial charge in [-0.25, -0.2) is 0 Å². The van der Waals surface area contributed by atoms with Gasteiger partial charge in [0.2, 0.25) is 0 Å². The number of carbonyl (C=O) groups excluding carboxylic acids is 1. The number of methoxy groups -OCH3 is 1. The number of rotatable bonds is 5. The Morgan fingerprint density at radius 3 is 2.68 bits per heavy atom. The summed E-state index contributed by atoms with van der Waals surface area (Å²) in [4.78, 5) is 12.7. The Hall–Kier alpha value is -3.08. The molecule has 5 nitrogen and oxygen atoms in total. The van der Waals surface area contributed by atoms with E-state index < -0.39 is 0 Å². The first kappa shape index (κ1) is 16.8. The molecule has 2 aromatic carbocycles. The molecule has 0 aliphatic carbocycles. The van der Waals surface area contributed by atoms with E-state index in [1.54, 1.807) is 11.8 Å². The minimum atomic E-state index is -0.172. The second-order valence-electron chi connectivity index (χ2n) is 5.79. The number of carbonyl (C=O) groups is 1. The quantitative estimate of drug-likeness (QED) is 0.762. The number of hydrogen-bond donors (Lipinski definition) is 1. The molecule has 0 unspecified atom stereocenters. The summed E-state index contributed by atoms with van der Waals surface area (Å²) in [6.45, 7) is 4.57. The zero-order valence-corrected chi connectivity index (χ0v) is 14.6. The van der Waals surface area contributed by atoms with E-state index in [4.69, 9.17) is 4.74 Å². The zero-order valence-electron chi connectivity index (χ0n) is 14.6. The standard InChI is InChI=1S/C20H21N3O2/c1-4-23-19(20(24)21-16-9-5-7-14(2)11-16)13-18(22-23)15-8-6-10-17(12-15)25-3/h5-13H,4H2,1-3H3,(H,21,24). The molecule has 1 aromatic heterocycles. The van der Waals surface area contributed by atoms with Gasteiger partial charge in [0.1, 0.15) is 11.4 Å². The molecule has 128 valence electrons. The van der Waals surface area contributed by atoms with E-state index in [1.165, 1.54) is 0 Å². The molecule has 3 aromatic rings. The van der Waals surface area contributed by atoms with Crippen LogP contribution < -0.4 is 10.1 Å². The van der Waals surface area contributed by atoms with Gasteiger partial charge in [0.25, 0.3) is 5.91 Å². The molecule has 0 atom stereocenters. The van der Waals surface area contributed by atoms with Gasteiger partial charge in [-0.2, -0.15) is 5.10 Å². The van der Waals surface area contributed by atoms with Crippen LogP contribution in [-0.4, -0.2) is 22.8 Å². The predicted octanol–water partition coefficient (Wildman–Crippen LogP) is 4.14. The van der Waals surface area contributed by atoms with Crippen LogP contribution in [0.5, 0.6) is 5.75 Å². The third-order valence-corrected chi connectivity index (χ3v) is 3.95. The van der Waals surface area contributed by atoms with E-state index in [1.807, 2.05) is 68.4 Å². The van der Waals surface area contributed by atoms with Crippen molar-refractivity contribution in [2.45, 2.75) is 20.4 Å². The lowest BCUT2D eigenvalue weighted by molar-refractivity contribution is 0.101. The third-order valence-electron chi connectivity index (χ3n) is 3.95. The van der Waals surface area contributed by atoms with E-state index in [9.17, 15) is 4.79 Å². The molecular formula is C20H21N3O2. The average Bonchev–Trinajstić information content (AvgIpc) is 3.06. The Morgan fingerprint density at radius 1 is 1.16 bits per heavy atom. The highest BCUT2D eigenvalue weighted by atomic mass is 16.5. The molecule has 0 saturated heterocycles. The van der Waals surface area contributed by atoms with Crippen LogP contribution in [0.15, 0.2) is 54.6 Å². The molecule has 0 saturated carbocycles. The molecule has 5 heteroatoms. The smallest absolute Gasteiger partial charge is 0.273 e. The van der Waals surface area contributed by atoms with Crippen LogP contribution in [0.2, 0.25) is 0 Å². The van der Waals surface area contributed by atoms with Gasteiger partial charge in [-0.3, -0.25) is 9.48 Å². The van der Waals surface area contributed by atoms with Gasteiger partial charge in [0, 0.05) is 17.8 Å². The van der Waals surface area contributed by atoms with Crippen LogP contribution in [0.25, 0.3) is 11.3 Å². The second-order valence-corrected chi connectivity index (χ2v) is 5.79. The number of amides is 1. The fraction of sp³-hybridized carbons (Fsp3) is 0.200. The Morgan fingerprint density at radius 2 is 1.96 bits per heavy atom. The van der Waals surface area contributed by atoms with E-state index in [-0.39, 0.29) is 5.91 Å². The number of benzene rings is 2. The molecule has 1 amide bonds. The summed E-state index contributed by atoms with van der Waals surface area (Å²) in [6.07, 6.45) is 0.